The minimum Gasteiger partial charge on any atom is -0.456 e. The molecule has 2 aliphatic heterocycles. The van der Waals surface area contributed by atoms with Crippen LogP contribution in [-0.2, 0) is 9.47 Å². The molecule has 11 heteroatoms. The molecule has 1 unspecified atom stereocenters. The molecular weight excluding hydrogens is 419 g/mol. The number of ether oxygens (including phenoxy) is 3. The molecule has 2 aromatic heterocycles. The molecule has 156 valence electrons. The monoisotopic (exact) mass is 434 g/mol. The Balaban J connectivity index is 1.35. The largest absolute Gasteiger partial charge is 0.456 e. The molecule has 0 spiro atoms. The summed E-state index contributed by atoms with van der Waals surface area (Å²) in [4.78, 5) is 23.8. The Morgan fingerprint density at radius 3 is 2.93 bits per heavy atom. The fraction of sp³-hybridized carbons (Fsp3) is 0.316. The summed E-state index contributed by atoms with van der Waals surface area (Å²) in [6, 6.07) is 7.00. The van der Waals surface area contributed by atoms with Gasteiger partial charge in [-0.05, 0) is 24.3 Å². The van der Waals surface area contributed by atoms with Crippen molar-refractivity contribution in [1.29, 1.82) is 0 Å². The summed E-state index contributed by atoms with van der Waals surface area (Å²) < 4.78 is 30.2. The zero-order chi connectivity index (χ0) is 20.8. The third kappa shape index (κ3) is 3.47. The van der Waals surface area contributed by atoms with Crippen molar-refractivity contribution in [3.05, 3.63) is 46.7 Å². The molecule has 2 fully saturated rings. The van der Waals surface area contributed by atoms with E-state index in [0.717, 1.165) is 6.07 Å². The fourth-order valence-corrected chi connectivity index (χ4v) is 3.74. The van der Waals surface area contributed by atoms with Gasteiger partial charge in [0.15, 0.2) is 17.6 Å². The Labute approximate surface area is 174 Å². The van der Waals surface area contributed by atoms with Gasteiger partial charge in [-0.25, -0.2) is 9.37 Å². The topological polar surface area (TPSA) is 119 Å². The average Bonchev–Trinajstić information content (AvgIpc) is 3.39. The zero-order valence-electron chi connectivity index (χ0n) is 15.3. The Morgan fingerprint density at radius 2 is 2.10 bits per heavy atom. The van der Waals surface area contributed by atoms with Gasteiger partial charge < -0.3 is 29.6 Å². The SMILES string of the molecule is O=C(Nc1nc2nc(O[C@@H]3CO[C@H]4C3OC[C@H]4O)[nH]c2cc1Cl)c1cccc(F)c1. The maximum Gasteiger partial charge on any atom is 0.296 e. The van der Waals surface area contributed by atoms with E-state index < -0.39 is 30.0 Å². The van der Waals surface area contributed by atoms with Gasteiger partial charge >= 0.3 is 0 Å². The fourth-order valence-electron chi connectivity index (χ4n) is 3.54. The first kappa shape index (κ1) is 19.2. The number of fused-ring (bicyclic) bond motifs is 2. The van der Waals surface area contributed by atoms with Crippen molar-refractivity contribution in [2.24, 2.45) is 0 Å². The van der Waals surface area contributed by atoms with E-state index in [0.29, 0.717) is 5.52 Å². The lowest BCUT2D eigenvalue weighted by Gasteiger charge is -2.15. The lowest BCUT2D eigenvalue weighted by Crippen LogP contribution is -2.34. The highest BCUT2D eigenvalue weighted by atomic mass is 35.5. The number of hydrogen-bond donors (Lipinski definition) is 3. The number of aliphatic hydroxyl groups excluding tert-OH is 1. The number of pyridine rings is 1. The molecular formula is C19H16ClFN4O5. The van der Waals surface area contributed by atoms with Gasteiger partial charge in [0.05, 0.1) is 23.8 Å². The van der Waals surface area contributed by atoms with E-state index in [-0.39, 0.29) is 47.4 Å². The van der Waals surface area contributed by atoms with Crippen molar-refractivity contribution < 1.29 is 28.5 Å². The van der Waals surface area contributed by atoms with Crippen molar-refractivity contribution in [1.82, 2.24) is 15.0 Å². The zero-order valence-corrected chi connectivity index (χ0v) is 16.1. The molecule has 0 radical (unpaired) electrons. The van der Waals surface area contributed by atoms with E-state index in [2.05, 4.69) is 20.3 Å². The van der Waals surface area contributed by atoms with Gasteiger partial charge in [-0.3, -0.25) is 4.79 Å². The van der Waals surface area contributed by atoms with Crippen LogP contribution in [0.25, 0.3) is 11.2 Å². The number of anilines is 1. The first-order chi connectivity index (χ1) is 14.5. The number of nitrogens with one attached hydrogen (secondary N) is 2. The molecule has 4 atom stereocenters. The molecule has 4 heterocycles. The number of benzene rings is 1. The third-order valence-electron chi connectivity index (χ3n) is 4.97. The number of imidazole rings is 1. The van der Waals surface area contributed by atoms with Crippen LogP contribution < -0.4 is 10.1 Å². The van der Waals surface area contributed by atoms with Crippen LogP contribution in [0, 0.1) is 5.82 Å². The second kappa shape index (κ2) is 7.47. The van der Waals surface area contributed by atoms with Crippen LogP contribution in [0.5, 0.6) is 6.01 Å². The average molecular weight is 435 g/mol. The van der Waals surface area contributed by atoms with Crippen molar-refractivity contribution in [2.45, 2.75) is 24.4 Å². The molecule has 1 aromatic carbocycles. The minimum absolute atomic E-state index is 0.0861. The number of aromatic nitrogens is 3. The first-order valence-electron chi connectivity index (χ1n) is 9.19. The van der Waals surface area contributed by atoms with E-state index in [4.69, 9.17) is 25.8 Å². The number of H-pyrrole nitrogens is 1. The number of amides is 1. The Hall–Kier alpha value is -2.79. The second-order valence-electron chi connectivity index (χ2n) is 7.02. The van der Waals surface area contributed by atoms with E-state index in [1.54, 1.807) is 6.07 Å². The number of halogens is 2. The lowest BCUT2D eigenvalue weighted by molar-refractivity contribution is 0.00706. The molecule has 1 amide bonds. The molecule has 30 heavy (non-hydrogen) atoms. The van der Waals surface area contributed by atoms with Gasteiger partial charge in [-0.15, -0.1) is 0 Å². The van der Waals surface area contributed by atoms with E-state index in [1.807, 2.05) is 0 Å². The summed E-state index contributed by atoms with van der Waals surface area (Å²) in [6.07, 6.45) is -1.91. The molecule has 2 saturated heterocycles. The molecule has 9 nitrogen and oxygen atoms in total. The van der Waals surface area contributed by atoms with Crippen LogP contribution in [0.2, 0.25) is 5.02 Å². The number of carbonyl (C=O) groups is 1. The molecule has 2 aliphatic rings. The van der Waals surface area contributed by atoms with Gasteiger partial charge in [0.1, 0.15) is 24.1 Å². The number of aromatic amines is 1. The quantitative estimate of drug-likeness (QED) is 0.574. The maximum atomic E-state index is 13.3. The van der Waals surface area contributed by atoms with Crippen LogP contribution in [0.3, 0.4) is 0 Å². The highest BCUT2D eigenvalue weighted by Crippen LogP contribution is 2.30. The van der Waals surface area contributed by atoms with Gasteiger partial charge in [-0.1, -0.05) is 17.7 Å². The Morgan fingerprint density at radius 1 is 1.27 bits per heavy atom. The van der Waals surface area contributed by atoms with Gasteiger partial charge in [0.25, 0.3) is 11.9 Å². The molecule has 3 N–H and O–H groups in total. The third-order valence-corrected chi connectivity index (χ3v) is 5.26. The summed E-state index contributed by atoms with van der Waals surface area (Å²) in [5.74, 6) is -0.993. The normalized spacial score (nSPS) is 25.4. The standard InChI is InChI=1S/C19H16ClFN4O5/c20-10-5-11-17(23-16(10)24-18(27)8-2-1-3-9(21)4-8)25-19(22-11)30-13-7-29-14-12(26)6-28-15(13)14/h1-5,12-15,26H,6-7H2,(H2,22,23,24,25,27)/t12-,13-,14-,15?/m1/s1. The number of rotatable bonds is 4. The molecule has 5 rings (SSSR count). The summed E-state index contributed by atoms with van der Waals surface area (Å²) >= 11 is 6.23. The molecule has 0 saturated carbocycles. The van der Waals surface area contributed by atoms with Gasteiger partial charge in [0, 0.05) is 5.56 Å². The smallest absolute Gasteiger partial charge is 0.296 e. The highest BCUT2D eigenvalue weighted by Gasteiger charge is 2.48. The molecule has 0 aliphatic carbocycles. The summed E-state index contributed by atoms with van der Waals surface area (Å²) in [5.41, 5.74) is 0.905. The number of hydrogen-bond acceptors (Lipinski definition) is 7. The van der Waals surface area contributed by atoms with E-state index >= 15 is 0 Å². The van der Waals surface area contributed by atoms with Crippen molar-refractivity contribution in [3.63, 3.8) is 0 Å². The number of nitrogens with zero attached hydrogens (tertiary/aromatic N) is 2. The van der Waals surface area contributed by atoms with Crippen molar-refractivity contribution in [2.75, 3.05) is 18.5 Å². The highest BCUT2D eigenvalue weighted by molar-refractivity contribution is 6.34. The maximum absolute atomic E-state index is 13.3. The molecule has 3 aromatic rings. The Kier molecular flexibility index (Phi) is 4.78. The number of carbonyl (C=O) groups excluding carboxylic acids is 1. The van der Waals surface area contributed by atoms with E-state index in [1.165, 1.54) is 18.2 Å². The van der Waals surface area contributed by atoms with Crippen LogP contribution in [0.15, 0.2) is 30.3 Å². The van der Waals surface area contributed by atoms with Crippen molar-refractivity contribution in [3.8, 4) is 6.01 Å². The lowest BCUT2D eigenvalue weighted by atomic mass is 10.1. The summed E-state index contributed by atoms with van der Waals surface area (Å²) in [5, 5.41) is 12.5. The summed E-state index contributed by atoms with van der Waals surface area (Å²) in [6.45, 7) is 0.452. The van der Waals surface area contributed by atoms with Gasteiger partial charge in [-0.2, -0.15) is 4.98 Å². The Bertz CT molecular complexity index is 1130. The summed E-state index contributed by atoms with van der Waals surface area (Å²) in [7, 11) is 0. The predicted molar refractivity (Wildman–Crippen MR) is 103 cm³/mol. The van der Waals surface area contributed by atoms with Crippen LogP contribution in [0.1, 0.15) is 10.4 Å². The first-order valence-corrected chi connectivity index (χ1v) is 9.57. The van der Waals surface area contributed by atoms with Gasteiger partial charge in [0.2, 0.25) is 0 Å². The van der Waals surface area contributed by atoms with Crippen molar-refractivity contribution >= 4 is 34.5 Å². The number of aliphatic hydroxyl groups is 1. The second-order valence-corrected chi connectivity index (χ2v) is 7.42. The molecule has 0 bridgehead atoms. The van der Waals surface area contributed by atoms with E-state index in [9.17, 15) is 14.3 Å². The van der Waals surface area contributed by atoms with Crippen LogP contribution in [0.4, 0.5) is 10.2 Å². The predicted octanol–water partition coefficient (Wildman–Crippen LogP) is 1.91. The van der Waals surface area contributed by atoms with Crippen LogP contribution in [-0.4, -0.2) is 63.6 Å². The van der Waals surface area contributed by atoms with Crippen LogP contribution >= 0.6 is 11.6 Å². The minimum atomic E-state index is -0.677.